The molecule has 5 rings (SSSR count). The van der Waals surface area contributed by atoms with Crippen molar-refractivity contribution >= 4 is 41.0 Å². The number of methoxy groups -OCH3 is 2. The molecule has 0 bridgehead atoms. The number of para-hydroxylation sites is 1. The zero-order valence-corrected chi connectivity index (χ0v) is 25.5. The van der Waals surface area contributed by atoms with Crippen molar-refractivity contribution in [2.24, 2.45) is 0 Å². The molecule has 0 saturated heterocycles. The van der Waals surface area contributed by atoms with E-state index in [2.05, 4.69) is 5.32 Å². The maximum Gasteiger partial charge on any atom is 0.240 e. The van der Waals surface area contributed by atoms with Crippen LogP contribution in [0.5, 0.6) is 11.5 Å². The first-order valence-corrected chi connectivity index (χ1v) is 15.1. The van der Waals surface area contributed by atoms with Crippen LogP contribution in [0.2, 0.25) is 5.02 Å². The van der Waals surface area contributed by atoms with E-state index in [4.69, 9.17) is 26.2 Å². The molecule has 2 heterocycles. The Morgan fingerprint density at radius 2 is 1.79 bits per heavy atom. The largest absolute Gasteiger partial charge is 0.497 e. The van der Waals surface area contributed by atoms with Crippen LogP contribution in [0.15, 0.2) is 72.8 Å². The van der Waals surface area contributed by atoms with E-state index in [1.54, 1.807) is 23.8 Å². The summed E-state index contributed by atoms with van der Waals surface area (Å²) in [5.74, 6) is 1.68. The number of amides is 2. The fourth-order valence-electron chi connectivity index (χ4n) is 4.94. The molecule has 0 fully saturated rings. The number of halogens is 1. The minimum atomic E-state index is -0.319. The molecule has 1 N–H and O–H groups in total. The third-order valence-corrected chi connectivity index (χ3v) is 8.76. The minimum Gasteiger partial charge on any atom is -0.497 e. The number of rotatable bonds is 9. The van der Waals surface area contributed by atoms with Crippen molar-refractivity contribution in [2.75, 3.05) is 31.4 Å². The first kappa shape index (κ1) is 29.5. The quantitative estimate of drug-likeness (QED) is 0.242. The van der Waals surface area contributed by atoms with Crippen molar-refractivity contribution in [3.8, 4) is 28.4 Å². The highest BCUT2D eigenvalue weighted by molar-refractivity contribution is 8.00. The second kappa shape index (κ2) is 12.9. The number of anilines is 1. The molecule has 1 aromatic heterocycles. The first-order valence-electron chi connectivity index (χ1n) is 13.7. The molecule has 0 saturated carbocycles. The second-order valence-electron chi connectivity index (χ2n) is 9.99. The summed E-state index contributed by atoms with van der Waals surface area (Å²) in [5, 5.41) is 8.41. The van der Waals surface area contributed by atoms with E-state index < -0.39 is 0 Å². The van der Waals surface area contributed by atoms with Crippen molar-refractivity contribution in [1.29, 1.82) is 0 Å². The lowest BCUT2D eigenvalue weighted by atomic mass is 9.99. The summed E-state index contributed by atoms with van der Waals surface area (Å²) in [7, 11) is 3.25. The van der Waals surface area contributed by atoms with Crippen LogP contribution in [-0.4, -0.2) is 54.2 Å². The number of benzene rings is 3. The number of nitrogens with one attached hydrogen (secondary N) is 1. The molecule has 4 aromatic rings. The van der Waals surface area contributed by atoms with Crippen molar-refractivity contribution in [2.45, 2.75) is 31.6 Å². The summed E-state index contributed by atoms with van der Waals surface area (Å²) < 4.78 is 12.9. The van der Waals surface area contributed by atoms with Gasteiger partial charge in [0.05, 0.1) is 36.6 Å². The maximum absolute atomic E-state index is 13.9. The molecular formula is C32H33ClN4O4S. The molecule has 0 unspecified atom stereocenters. The molecule has 0 spiro atoms. The van der Waals surface area contributed by atoms with Gasteiger partial charge in [0.1, 0.15) is 23.9 Å². The fourth-order valence-corrected chi connectivity index (χ4v) is 6.29. The average molecular weight is 605 g/mol. The third-order valence-electron chi connectivity index (χ3n) is 7.27. The molecule has 8 nitrogen and oxygen atoms in total. The number of ether oxygens (including phenoxy) is 2. The average Bonchev–Trinajstić information content (AvgIpc) is 3.34. The minimum absolute atomic E-state index is 0.0223. The molecular weight excluding hydrogens is 572 g/mol. The number of carbonyl (C=O) groups is 2. The van der Waals surface area contributed by atoms with Crippen LogP contribution in [0.4, 0.5) is 5.82 Å². The third kappa shape index (κ3) is 5.98. The molecule has 0 radical (unpaired) electrons. The Kier molecular flexibility index (Phi) is 9.09. The monoisotopic (exact) mass is 604 g/mol. The predicted molar refractivity (Wildman–Crippen MR) is 168 cm³/mol. The lowest BCUT2D eigenvalue weighted by Gasteiger charge is -2.24. The maximum atomic E-state index is 13.9. The van der Waals surface area contributed by atoms with Gasteiger partial charge in [0, 0.05) is 27.8 Å². The van der Waals surface area contributed by atoms with E-state index >= 15 is 0 Å². The molecule has 1 aliphatic heterocycles. The Morgan fingerprint density at radius 3 is 2.45 bits per heavy atom. The van der Waals surface area contributed by atoms with Crippen LogP contribution in [0.1, 0.15) is 36.6 Å². The van der Waals surface area contributed by atoms with Gasteiger partial charge in [-0.15, -0.1) is 11.8 Å². The highest BCUT2D eigenvalue weighted by atomic mass is 35.5. The van der Waals surface area contributed by atoms with Gasteiger partial charge in [0.25, 0.3) is 0 Å². The Morgan fingerprint density at radius 1 is 1.07 bits per heavy atom. The molecule has 42 heavy (non-hydrogen) atoms. The Balaban J connectivity index is 1.80. The van der Waals surface area contributed by atoms with E-state index in [9.17, 15) is 9.59 Å². The number of hydrogen-bond donors (Lipinski definition) is 1. The van der Waals surface area contributed by atoms with Crippen LogP contribution in [0.25, 0.3) is 16.9 Å². The molecule has 0 aliphatic carbocycles. The van der Waals surface area contributed by atoms with Crippen LogP contribution < -0.4 is 19.7 Å². The van der Waals surface area contributed by atoms with Gasteiger partial charge < -0.3 is 14.8 Å². The van der Waals surface area contributed by atoms with Crippen molar-refractivity contribution in [3.63, 3.8) is 0 Å². The Labute approximate surface area is 255 Å². The Hall–Kier alpha value is -3.95. The van der Waals surface area contributed by atoms with Gasteiger partial charge in [0.15, 0.2) is 0 Å². The van der Waals surface area contributed by atoms with Crippen LogP contribution >= 0.6 is 23.4 Å². The molecule has 3 aromatic carbocycles. The predicted octanol–water partition coefficient (Wildman–Crippen LogP) is 6.29. The van der Waals surface area contributed by atoms with Crippen LogP contribution in [0.3, 0.4) is 0 Å². The molecule has 10 heteroatoms. The van der Waals surface area contributed by atoms with E-state index in [-0.39, 0.29) is 35.4 Å². The van der Waals surface area contributed by atoms with E-state index in [0.717, 1.165) is 28.8 Å². The topological polar surface area (TPSA) is 85.7 Å². The summed E-state index contributed by atoms with van der Waals surface area (Å²) in [6.45, 7) is 3.81. The van der Waals surface area contributed by atoms with Crippen molar-refractivity contribution in [3.05, 3.63) is 88.9 Å². The summed E-state index contributed by atoms with van der Waals surface area (Å²) in [4.78, 5) is 28.7. The lowest BCUT2D eigenvalue weighted by Crippen LogP contribution is -2.44. The number of aromatic nitrogens is 2. The van der Waals surface area contributed by atoms with E-state index in [0.29, 0.717) is 28.0 Å². The highest BCUT2D eigenvalue weighted by Crippen LogP contribution is 2.50. The molecule has 1 aliphatic rings. The zero-order valence-electron chi connectivity index (χ0n) is 24.0. The van der Waals surface area contributed by atoms with Crippen molar-refractivity contribution < 1.29 is 19.1 Å². The summed E-state index contributed by atoms with van der Waals surface area (Å²) in [6, 6.07) is 22.7. The van der Waals surface area contributed by atoms with Gasteiger partial charge in [-0.2, -0.15) is 5.10 Å². The summed E-state index contributed by atoms with van der Waals surface area (Å²) in [6.07, 6.45) is 0.779. The van der Waals surface area contributed by atoms with Gasteiger partial charge in [-0.05, 0) is 55.8 Å². The van der Waals surface area contributed by atoms with Crippen molar-refractivity contribution in [1.82, 2.24) is 15.1 Å². The molecule has 2 atom stereocenters. The number of thioether (sulfide) groups is 1. The SMILES string of the molecule is CC[C@H](C)NC(=O)CN1C(=O)CS[C@@H](c2ccccc2OC)c2c(-c3ccc(Cl)cc3)nn(-c3ccc(OC)cc3)c21. The van der Waals surface area contributed by atoms with Gasteiger partial charge in [-0.25, -0.2) is 4.68 Å². The standard InChI is InChI=1S/C32H33ClN4O4S/c1-5-20(2)34-27(38)18-36-28(39)19-42-31(25-8-6-7-9-26(25)41-4)29-30(21-10-12-22(33)13-11-21)35-37(32(29)36)23-14-16-24(40-3)17-15-23/h6-17,20,31H,5,18-19H2,1-4H3,(H,34,38)/t20-,31-/m0/s1. The van der Waals surface area contributed by atoms with E-state index in [1.165, 1.54) is 11.8 Å². The molecule has 218 valence electrons. The normalized spacial score (nSPS) is 15.5. The van der Waals surface area contributed by atoms with Gasteiger partial charge in [-0.3, -0.25) is 14.5 Å². The van der Waals surface area contributed by atoms with Gasteiger partial charge >= 0.3 is 0 Å². The highest BCUT2D eigenvalue weighted by Gasteiger charge is 2.38. The summed E-state index contributed by atoms with van der Waals surface area (Å²) >= 11 is 7.75. The number of hydrogen-bond acceptors (Lipinski definition) is 6. The van der Waals surface area contributed by atoms with Gasteiger partial charge in [0.2, 0.25) is 11.8 Å². The number of carbonyl (C=O) groups excluding carboxylic acids is 2. The number of fused-ring (bicyclic) bond motifs is 1. The first-order chi connectivity index (χ1) is 20.3. The lowest BCUT2D eigenvalue weighted by molar-refractivity contribution is -0.123. The molecule has 2 amide bonds. The number of nitrogens with zero attached hydrogens (tertiary/aromatic N) is 3. The summed E-state index contributed by atoms with van der Waals surface area (Å²) in [5.41, 5.74) is 3.96. The van der Waals surface area contributed by atoms with Crippen LogP contribution in [-0.2, 0) is 9.59 Å². The second-order valence-corrected chi connectivity index (χ2v) is 11.5. The fraction of sp³-hybridized carbons (Fsp3) is 0.281. The zero-order chi connectivity index (χ0) is 29.8. The van der Waals surface area contributed by atoms with E-state index in [1.807, 2.05) is 86.6 Å². The smallest absolute Gasteiger partial charge is 0.240 e. The van der Waals surface area contributed by atoms with Crippen LogP contribution in [0, 0.1) is 0 Å². The Bertz CT molecular complexity index is 1570. The van der Waals surface area contributed by atoms with Gasteiger partial charge in [-0.1, -0.05) is 48.9 Å².